The maximum atomic E-state index is 12.8. The summed E-state index contributed by atoms with van der Waals surface area (Å²) in [6.07, 6.45) is 6.83. The highest BCUT2D eigenvalue weighted by atomic mass is 16.5. The van der Waals surface area contributed by atoms with Gasteiger partial charge in [0.25, 0.3) is 0 Å². The molecule has 142 valence electrons. The zero-order chi connectivity index (χ0) is 17.9. The predicted octanol–water partition coefficient (Wildman–Crippen LogP) is 1.82. The molecular weight excluding hydrogens is 320 g/mol. The highest BCUT2D eigenvalue weighted by molar-refractivity contribution is 5.78. The van der Waals surface area contributed by atoms with Gasteiger partial charge in [0.2, 0.25) is 11.8 Å². The summed E-state index contributed by atoms with van der Waals surface area (Å²) in [7, 11) is 0. The molecule has 25 heavy (non-hydrogen) atoms. The van der Waals surface area contributed by atoms with Gasteiger partial charge < -0.3 is 19.3 Å². The van der Waals surface area contributed by atoms with Gasteiger partial charge in [-0.2, -0.15) is 0 Å². The van der Waals surface area contributed by atoms with E-state index in [-0.39, 0.29) is 24.5 Å². The van der Waals surface area contributed by atoms with Crippen LogP contribution in [0.3, 0.4) is 0 Å². The van der Waals surface area contributed by atoms with Crippen LogP contribution in [0.2, 0.25) is 0 Å². The van der Waals surface area contributed by atoms with Gasteiger partial charge in [-0.1, -0.05) is 19.3 Å². The zero-order valence-electron chi connectivity index (χ0n) is 15.7. The number of amides is 2. The highest BCUT2D eigenvalue weighted by Crippen LogP contribution is 2.29. The Morgan fingerprint density at radius 3 is 2.72 bits per heavy atom. The lowest BCUT2D eigenvalue weighted by atomic mass is 9.86. The SMILES string of the molecule is CC(C)N1CC2(COCC1=O)CN(C(=O)CC1CCCCC1)CCO2. The molecule has 3 aliphatic rings. The van der Waals surface area contributed by atoms with Gasteiger partial charge in [-0.05, 0) is 32.6 Å². The Balaban J connectivity index is 1.64. The maximum absolute atomic E-state index is 12.8. The normalized spacial score (nSPS) is 29.3. The van der Waals surface area contributed by atoms with E-state index in [1.54, 1.807) is 0 Å². The molecule has 0 aromatic rings. The molecule has 6 heteroatoms. The minimum Gasteiger partial charge on any atom is -0.368 e. The van der Waals surface area contributed by atoms with Crippen LogP contribution in [0.4, 0.5) is 0 Å². The monoisotopic (exact) mass is 352 g/mol. The largest absolute Gasteiger partial charge is 0.368 e. The Kier molecular flexibility index (Phi) is 6.00. The van der Waals surface area contributed by atoms with Crippen LogP contribution in [0.25, 0.3) is 0 Å². The number of morpholine rings is 1. The van der Waals surface area contributed by atoms with E-state index in [0.29, 0.717) is 45.2 Å². The van der Waals surface area contributed by atoms with Crippen LogP contribution in [0.5, 0.6) is 0 Å². The first-order valence-corrected chi connectivity index (χ1v) is 9.78. The molecule has 0 aromatic carbocycles. The molecule has 2 saturated heterocycles. The summed E-state index contributed by atoms with van der Waals surface area (Å²) in [6, 6.07) is 0.1000. The molecular formula is C19H32N2O4. The van der Waals surface area contributed by atoms with Crippen molar-refractivity contribution >= 4 is 11.8 Å². The molecule has 3 rings (SSSR count). The Bertz CT molecular complexity index is 490. The summed E-state index contributed by atoms with van der Waals surface area (Å²) in [5.74, 6) is 0.779. The molecule has 0 N–H and O–H groups in total. The van der Waals surface area contributed by atoms with Gasteiger partial charge in [0, 0.05) is 19.0 Å². The van der Waals surface area contributed by atoms with E-state index in [1.807, 2.05) is 23.6 Å². The number of carbonyl (C=O) groups is 2. The molecule has 2 heterocycles. The van der Waals surface area contributed by atoms with Gasteiger partial charge in [-0.15, -0.1) is 0 Å². The first-order valence-electron chi connectivity index (χ1n) is 9.78. The van der Waals surface area contributed by atoms with Crippen molar-refractivity contribution < 1.29 is 19.1 Å². The van der Waals surface area contributed by atoms with E-state index < -0.39 is 5.60 Å². The van der Waals surface area contributed by atoms with E-state index in [2.05, 4.69) is 0 Å². The molecule has 1 atom stereocenters. The summed E-state index contributed by atoms with van der Waals surface area (Å²) in [6.45, 7) is 6.65. The van der Waals surface area contributed by atoms with Crippen LogP contribution in [0.15, 0.2) is 0 Å². The third-order valence-corrected chi connectivity index (χ3v) is 5.78. The molecule has 1 unspecified atom stereocenters. The predicted molar refractivity (Wildman–Crippen MR) is 94.1 cm³/mol. The summed E-state index contributed by atoms with van der Waals surface area (Å²) < 4.78 is 11.7. The van der Waals surface area contributed by atoms with Gasteiger partial charge in [0.1, 0.15) is 12.2 Å². The molecule has 0 radical (unpaired) electrons. The van der Waals surface area contributed by atoms with E-state index in [1.165, 1.54) is 32.1 Å². The third kappa shape index (κ3) is 4.53. The average molecular weight is 352 g/mol. The van der Waals surface area contributed by atoms with E-state index in [4.69, 9.17) is 9.47 Å². The van der Waals surface area contributed by atoms with Gasteiger partial charge >= 0.3 is 0 Å². The van der Waals surface area contributed by atoms with Crippen molar-refractivity contribution in [1.82, 2.24) is 9.80 Å². The fraction of sp³-hybridized carbons (Fsp3) is 0.895. The first kappa shape index (κ1) is 18.6. The van der Waals surface area contributed by atoms with E-state index >= 15 is 0 Å². The Hall–Kier alpha value is -1.14. The summed E-state index contributed by atoms with van der Waals surface area (Å²) in [4.78, 5) is 28.8. The summed E-state index contributed by atoms with van der Waals surface area (Å²) in [5.41, 5.74) is -0.586. The standard InChI is InChI=1S/C19H32N2O4/c1-15(2)21-13-19(14-24-11-18(21)23)12-20(8-9-25-19)17(22)10-16-6-4-3-5-7-16/h15-16H,3-14H2,1-2H3. The minimum absolute atomic E-state index is 0.00105. The quantitative estimate of drug-likeness (QED) is 0.777. The van der Waals surface area contributed by atoms with Crippen LogP contribution >= 0.6 is 0 Å². The van der Waals surface area contributed by atoms with E-state index in [0.717, 1.165) is 0 Å². The lowest BCUT2D eigenvalue weighted by Crippen LogP contribution is -2.60. The van der Waals surface area contributed by atoms with Crippen LogP contribution in [0, 0.1) is 5.92 Å². The molecule has 2 amide bonds. The van der Waals surface area contributed by atoms with Crippen molar-refractivity contribution in [2.45, 2.75) is 64.0 Å². The number of carbonyl (C=O) groups excluding carboxylic acids is 2. The average Bonchev–Trinajstić information content (AvgIpc) is 2.75. The number of hydrogen-bond acceptors (Lipinski definition) is 4. The topological polar surface area (TPSA) is 59.1 Å². The summed E-state index contributed by atoms with van der Waals surface area (Å²) in [5, 5.41) is 0. The smallest absolute Gasteiger partial charge is 0.248 e. The minimum atomic E-state index is -0.586. The van der Waals surface area contributed by atoms with Crippen LogP contribution in [0.1, 0.15) is 52.4 Å². The van der Waals surface area contributed by atoms with Gasteiger partial charge in [0.15, 0.2) is 0 Å². The molecule has 1 saturated carbocycles. The van der Waals surface area contributed by atoms with Gasteiger partial charge in [-0.3, -0.25) is 9.59 Å². The molecule has 1 spiro atoms. The highest BCUT2D eigenvalue weighted by Gasteiger charge is 2.43. The lowest BCUT2D eigenvalue weighted by Gasteiger charge is -2.44. The fourth-order valence-corrected chi connectivity index (χ4v) is 4.33. The molecule has 6 nitrogen and oxygen atoms in total. The first-order chi connectivity index (χ1) is 12.0. The lowest BCUT2D eigenvalue weighted by molar-refractivity contribution is -0.163. The maximum Gasteiger partial charge on any atom is 0.248 e. The second-order valence-corrected chi connectivity index (χ2v) is 8.16. The van der Waals surface area contributed by atoms with Gasteiger partial charge in [-0.25, -0.2) is 0 Å². The molecule has 1 aliphatic carbocycles. The van der Waals surface area contributed by atoms with Crippen molar-refractivity contribution in [3.63, 3.8) is 0 Å². The van der Waals surface area contributed by atoms with Crippen molar-refractivity contribution in [1.29, 1.82) is 0 Å². The van der Waals surface area contributed by atoms with Gasteiger partial charge in [0.05, 0.1) is 26.3 Å². The van der Waals surface area contributed by atoms with E-state index in [9.17, 15) is 9.59 Å². The second-order valence-electron chi connectivity index (χ2n) is 8.16. The van der Waals surface area contributed by atoms with Crippen molar-refractivity contribution in [2.75, 3.05) is 39.5 Å². The molecule has 0 bridgehead atoms. The van der Waals surface area contributed by atoms with Crippen LogP contribution in [-0.4, -0.2) is 72.7 Å². The Labute approximate surface area is 150 Å². The zero-order valence-corrected chi connectivity index (χ0v) is 15.7. The van der Waals surface area contributed by atoms with Crippen molar-refractivity contribution in [3.05, 3.63) is 0 Å². The fourth-order valence-electron chi connectivity index (χ4n) is 4.33. The number of rotatable bonds is 3. The molecule has 0 aromatic heterocycles. The number of nitrogens with zero attached hydrogens (tertiary/aromatic N) is 2. The summed E-state index contributed by atoms with van der Waals surface area (Å²) >= 11 is 0. The van der Waals surface area contributed by atoms with Crippen molar-refractivity contribution in [3.8, 4) is 0 Å². The second kappa shape index (κ2) is 8.04. The molecule has 2 aliphatic heterocycles. The Morgan fingerprint density at radius 1 is 1.24 bits per heavy atom. The molecule has 3 fully saturated rings. The number of ether oxygens (including phenoxy) is 2. The third-order valence-electron chi connectivity index (χ3n) is 5.78. The number of hydrogen-bond donors (Lipinski definition) is 0. The van der Waals surface area contributed by atoms with Crippen molar-refractivity contribution in [2.24, 2.45) is 5.92 Å². The van der Waals surface area contributed by atoms with Crippen LogP contribution in [-0.2, 0) is 19.1 Å². The van der Waals surface area contributed by atoms with Crippen LogP contribution < -0.4 is 0 Å². The Morgan fingerprint density at radius 2 is 2.00 bits per heavy atom.